The zero-order valence-electron chi connectivity index (χ0n) is 29.0. The van der Waals surface area contributed by atoms with Crippen LogP contribution in [0.3, 0.4) is 0 Å². The lowest BCUT2D eigenvalue weighted by Gasteiger charge is -2.26. The number of fused-ring (bicyclic) bond motifs is 3. The fourth-order valence-electron chi connectivity index (χ4n) is 6.80. The van der Waals surface area contributed by atoms with Crippen LogP contribution in [-0.4, -0.2) is 84.3 Å². The second-order valence-electron chi connectivity index (χ2n) is 14.2. The van der Waals surface area contributed by atoms with Gasteiger partial charge in [-0.3, -0.25) is 14.3 Å². The third kappa shape index (κ3) is 7.41. The molecule has 7 rings (SSSR count). The van der Waals surface area contributed by atoms with Crippen molar-refractivity contribution in [3.05, 3.63) is 47.5 Å². The molecule has 1 saturated heterocycles. The summed E-state index contributed by atoms with van der Waals surface area (Å²) in [5.41, 5.74) is 0.822. The predicted molar refractivity (Wildman–Crippen MR) is 193 cm³/mol. The van der Waals surface area contributed by atoms with E-state index in [0.29, 0.717) is 42.1 Å². The summed E-state index contributed by atoms with van der Waals surface area (Å²) < 4.78 is 39.9. The van der Waals surface area contributed by atoms with Crippen molar-refractivity contribution in [3.63, 3.8) is 0 Å². The van der Waals surface area contributed by atoms with Crippen LogP contribution >= 0.6 is 11.3 Å². The number of aromatic nitrogens is 2. The minimum atomic E-state index is -3.84. The summed E-state index contributed by atoms with van der Waals surface area (Å²) in [6, 6.07) is 6.00. The molecule has 4 heterocycles. The van der Waals surface area contributed by atoms with Crippen molar-refractivity contribution in [2.24, 2.45) is 5.92 Å². The van der Waals surface area contributed by atoms with E-state index in [9.17, 15) is 22.8 Å². The Kier molecular flexibility index (Phi) is 9.69. The number of allylic oxidation sites excluding steroid dienone is 1. The summed E-state index contributed by atoms with van der Waals surface area (Å²) in [5, 5.41) is 8.77. The molecule has 4 aliphatic rings. The van der Waals surface area contributed by atoms with Gasteiger partial charge in [-0.15, -0.1) is 11.3 Å². The minimum absolute atomic E-state index is 0.118. The lowest BCUT2D eigenvalue weighted by molar-refractivity contribution is -0.131. The third-order valence-corrected chi connectivity index (χ3v) is 12.8. The maximum atomic E-state index is 14.1. The molecule has 2 saturated carbocycles. The number of benzene rings is 1. The molecule has 1 aromatic carbocycles. The number of nitrogens with one attached hydrogen (secondary N) is 3. The van der Waals surface area contributed by atoms with E-state index in [1.807, 2.05) is 41.8 Å². The number of carbonyl (C=O) groups is 3. The number of methoxy groups -OCH3 is 1. The number of pyridine rings is 1. The molecule has 4 amide bonds. The highest BCUT2D eigenvalue weighted by atomic mass is 32.2. The average Bonchev–Trinajstić information content (AvgIpc) is 3.97. The number of nitrogens with zero attached hydrogens (tertiary/aromatic N) is 3. The number of ether oxygens (including phenoxy) is 2. The van der Waals surface area contributed by atoms with Gasteiger partial charge in [0, 0.05) is 41.8 Å². The summed E-state index contributed by atoms with van der Waals surface area (Å²) in [4.78, 5) is 52.5. The van der Waals surface area contributed by atoms with Crippen molar-refractivity contribution in [1.29, 1.82) is 0 Å². The number of rotatable bonds is 8. The van der Waals surface area contributed by atoms with Gasteiger partial charge in [0.05, 0.1) is 30.1 Å². The molecular weight excluding hydrogens is 693 g/mol. The summed E-state index contributed by atoms with van der Waals surface area (Å²) in [5.74, 6) is -0.218. The number of carbonyl (C=O) groups excluding carboxylic acids is 3. The Hall–Kier alpha value is -4.24. The van der Waals surface area contributed by atoms with Gasteiger partial charge in [0.1, 0.15) is 39.9 Å². The smallest absolute Gasteiger partial charge is 0.318 e. The number of urea groups is 1. The highest BCUT2D eigenvalue weighted by Gasteiger charge is 2.62. The van der Waals surface area contributed by atoms with Gasteiger partial charge in [0.25, 0.3) is 5.91 Å². The maximum absolute atomic E-state index is 14.1. The van der Waals surface area contributed by atoms with Gasteiger partial charge in [0.15, 0.2) is 0 Å². The van der Waals surface area contributed by atoms with Gasteiger partial charge in [0.2, 0.25) is 15.9 Å². The Labute approximate surface area is 301 Å². The Morgan fingerprint density at radius 3 is 2.71 bits per heavy atom. The van der Waals surface area contributed by atoms with E-state index in [0.717, 1.165) is 41.8 Å². The van der Waals surface area contributed by atoms with E-state index in [1.54, 1.807) is 7.11 Å². The number of thiazole rings is 1. The summed E-state index contributed by atoms with van der Waals surface area (Å²) in [6.45, 7) is 4.74. The molecule has 3 aromatic rings. The van der Waals surface area contributed by atoms with Crippen molar-refractivity contribution in [2.45, 2.75) is 94.1 Å². The van der Waals surface area contributed by atoms with E-state index in [4.69, 9.17) is 19.4 Å². The Morgan fingerprint density at radius 2 is 1.96 bits per heavy atom. The fraction of sp³-hybridized carbons (Fsp3) is 0.528. The van der Waals surface area contributed by atoms with E-state index < -0.39 is 50.8 Å². The fourth-order valence-corrected chi connectivity index (χ4v) is 9.11. The van der Waals surface area contributed by atoms with Crippen molar-refractivity contribution < 1.29 is 32.3 Å². The van der Waals surface area contributed by atoms with Gasteiger partial charge in [-0.25, -0.2) is 23.2 Å². The summed E-state index contributed by atoms with van der Waals surface area (Å²) >= 11 is 1.50. The molecule has 272 valence electrons. The van der Waals surface area contributed by atoms with Crippen LogP contribution < -0.4 is 24.8 Å². The van der Waals surface area contributed by atoms with Gasteiger partial charge in [-0.1, -0.05) is 32.4 Å². The van der Waals surface area contributed by atoms with Crippen LogP contribution in [0.2, 0.25) is 0 Å². The molecule has 13 nitrogen and oxygen atoms in total. The Morgan fingerprint density at radius 1 is 1.14 bits per heavy atom. The number of hydrogen-bond donors (Lipinski definition) is 3. The lowest BCUT2D eigenvalue weighted by Crippen LogP contribution is -2.57. The van der Waals surface area contributed by atoms with E-state index in [-0.39, 0.29) is 31.2 Å². The van der Waals surface area contributed by atoms with Crippen molar-refractivity contribution in [1.82, 2.24) is 30.2 Å². The van der Waals surface area contributed by atoms with Crippen LogP contribution in [0.1, 0.15) is 76.8 Å². The normalized spacial score (nSPS) is 25.6. The first-order chi connectivity index (χ1) is 24.5. The van der Waals surface area contributed by atoms with Crippen molar-refractivity contribution in [3.8, 4) is 22.2 Å². The largest absolute Gasteiger partial charge is 0.497 e. The van der Waals surface area contributed by atoms with E-state index in [1.165, 1.54) is 16.2 Å². The zero-order chi connectivity index (χ0) is 35.9. The molecule has 51 heavy (non-hydrogen) atoms. The van der Waals surface area contributed by atoms with Gasteiger partial charge < -0.3 is 25.0 Å². The maximum Gasteiger partial charge on any atom is 0.318 e. The van der Waals surface area contributed by atoms with Crippen molar-refractivity contribution in [2.75, 3.05) is 20.2 Å². The topological polar surface area (TPSA) is 169 Å². The van der Waals surface area contributed by atoms with E-state index >= 15 is 0 Å². The Bertz CT molecular complexity index is 1980. The molecule has 3 N–H and O–H groups in total. The molecule has 3 fully saturated rings. The molecule has 0 spiro atoms. The monoisotopic (exact) mass is 736 g/mol. The molecule has 0 radical (unpaired) electrons. The van der Waals surface area contributed by atoms with Gasteiger partial charge in [-0.05, 0) is 56.6 Å². The lowest BCUT2D eigenvalue weighted by atomic mass is 10.1. The van der Waals surface area contributed by atoms with Crippen LogP contribution in [0.5, 0.6) is 11.5 Å². The first-order valence-corrected chi connectivity index (χ1v) is 20.1. The number of hydrogen-bond acceptors (Lipinski definition) is 10. The van der Waals surface area contributed by atoms with Crippen LogP contribution in [0.4, 0.5) is 4.79 Å². The number of amides is 4. The quantitative estimate of drug-likeness (QED) is 0.279. The Balaban J connectivity index is 1.18. The molecule has 2 aliphatic carbocycles. The van der Waals surface area contributed by atoms with Gasteiger partial charge in [-0.2, -0.15) is 0 Å². The molecule has 15 heteroatoms. The SMILES string of the molecule is COc1ccc2c(O[C@@H]3C[C@H]4C(=O)N[C@]5(C(=O)NS(=O)(=O)C6CC6)C[C@H]5C=CCCCCCNC(=O)N4C3)cc(-c3nc(C(C)C)cs3)nc2c1. The summed E-state index contributed by atoms with van der Waals surface area (Å²) in [6.07, 6.45) is 8.10. The highest BCUT2D eigenvalue weighted by Crippen LogP contribution is 2.46. The molecule has 4 atom stereocenters. The second-order valence-corrected chi connectivity index (χ2v) is 17.0. The van der Waals surface area contributed by atoms with Crippen molar-refractivity contribution >= 4 is 50.1 Å². The van der Waals surface area contributed by atoms with Gasteiger partial charge >= 0.3 is 6.03 Å². The molecule has 0 bridgehead atoms. The van der Waals surface area contributed by atoms with Crippen LogP contribution in [0.15, 0.2) is 41.8 Å². The predicted octanol–water partition coefficient (Wildman–Crippen LogP) is 4.64. The number of sulfonamides is 1. The second kappa shape index (κ2) is 14.1. The molecule has 2 aliphatic heterocycles. The molecule has 2 aromatic heterocycles. The average molecular weight is 737 g/mol. The zero-order valence-corrected chi connectivity index (χ0v) is 30.6. The van der Waals surface area contributed by atoms with Crippen LogP contribution in [0, 0.1) is 5.92 Å². The third-order valence-electron chi connectivity index (χ3n) is 10.1. The standard InChI is InChI=1S/C36H44N6O7S2/c1-21(2)29-20-50-33(39-29)28-17-31(26-13-10-23(48-3)15-27(26)38-28)49-24-16-30-32(43)40-36(34(44)41-51(46,47)25-11-12-25)18-22(36)9-7-5-4-6-8-14-37-35(45)42(30)19-24/h7,9-10,13,15,17,20-22,24-25,30H,4-6,8,11-12,14,16,18-19H2,1-3H3,(H,37,45)(H,40,43)(H,41,44)/t22-,24-,30+,36-/m1/s1. The first-order valence-electron chi connectivity index (χ1n) is 17.7. The summed E-state index contributed by atoms with van der Waals surface area (Å²) in [7, 11) is -2.24. The van der Waals surface area contributed by atoms with Crippen LogP contribution in [0.25, 0.3) is 21.6 Å². The van der Waals surface area contributed by atoms with E-state index in [2.05, 4.69) is 29.2 Å². The molecular formula is C36H44N6O7S2. The first kappa shape index (κ1) is 35.2. The molecule has 0 unspecified atom stereocenters. The minimum Gasteiger partial charge on any atom is -0.497 e. The van der Waals surface area contributed by atoms with Crippen LogP contribution in [-0.2, 0) is 19.6 Å². The highest BCUT2D eigenvalue weighted by molar-refractivity contribution is 7.91.